The van der Waals surface area contributed by atoms with Gasteiger partial charge in [0.25, 0.3) is 0 Å². The molecule has 0 amide bonds. The van der Waals surface area contributed by atoms with Crippen LogP contribution in [0.2, 0.25) is 0 Å². The zero-order valence-electron chi connectivity index (χ0n) is 16.0. The molecule has 0 unspecified atom stereocenters. The Morgan fingerprint density at radius 2 is 1.93 bits per heavy atom. The van der Waals surface area contributed by atoms with Crippen LogP contribution in [0, 0.1) is 17.2 Å². The van der Waals surface area contributed by atoms with Gasteiger partial charge in [-0.05, 0) is 13.0 Å². The normalized spacial score (nSPS) is 11.0. The number of carbonyl (C=O) groups excluding carboxylic acids is 1. The maximum Gasteiger partial charge on any atom is 0.372 e. The van der Waals surface area contributed by atoms with Gasteiger partial charge in [-0.2, -0.15) is 9.67 Å². The van der Waals surface area contributed by atoms with E-state index in [9.17, 15) is 15.0 Å². The van der Waals surface area contributed by atoms with Gasteiger partial charge in [-0.1, -0.05) is 0 Å². The summed E-state index contributed by atoms with van der Waals surface area (Å²) < 4.78 is 40.4. The lowest BCUT2D eigenvalue weighted by Gasteiger charge is -2.17. The highest BCUT2D eigenvalue weighted by molar-refractivity contribution is 5.85. The van der Waals surface area contributed by atoms with Crippen LogP contribution in [-0.2, 0) is 22.7 Å². The number of nitrogens with one attached hydrogen (secondary N) is 1. The molecule has 13 nitrogen and oxygen atoms in total. The lowest BCUT2D eigenvalue weighted by Crippen LogP contribution is -2.68. The molecule has 2 heterocycles. The maximum atomic E-state index is 11.7. The topological polar surface area (TPSA) is 213 Å². The van der Waals surface area contributed by atoms with E-state index in [0.29, 0.717) is 22.8 Å². The second kappa shape index (κ2) is 11.9. The SMILES string of the molecule is CCOC(=O)C[n+]1cc(CO)c(/C=N/Nc2ncccn2)c(O)c1C.[O-][Cl+3]([O-])([O-])[O-]. The number of rotatable bonds is 7. The molecule has 0 aliphatic heterocycles. The number of halogens is 1. The van der Waals surface area contributed by atoms with Crippen molar-refractivity contribution < 1.29 is 53.2 Å². The molecule has 2 rings (SSSR count). The van der Waals surface area contributed by atoms with Crippen LogP contribution in [0.5, 0.6) is 5.75 Å². The summed E-state index contributed by atoms with van der Waals surface area (Å²) in [5.74, 6) is -0.215. The Kier molecular flexibility index (Phi) is 9.97. The fraction of sp³-hybridized carbons (Fsp3) is 0.312. The lowest BCUT2D eigenvalue weighted by atomic mass is 10.1. The molecule has 0 saturated heterocycles. The summed E-state index contributed by atoms with van der Waals surface area (Å²) >= 11 is 0. The largest absolute Gasteiger partial charge is 0.502 e. The summed E-state index contributed by atoms with van der Waals surface area (Å²) in [6.07, 6.45) is 6.06. The number of aliphatic hydroxyl groups is 1. The molecule has 0 fully saturated rings. The van der Waals surface area contributed by atoms with E-state index in [1.807, 2.05) is 0 Å². The molecule has 0 radical (unpaired) electrons. The van der Waals surface area contributed by atoms with Gasteiger partial charge in [0, 0.05) is 19.3 Å². The van der Waals surface area contributed by atoms with Gasteiger partial charge in [-0.25, -0.2) is 38.8 Å². The molecule has 0 atom stereocenters. The third kappa shape index (κ3) is 9.04. The molecule has 2 aromatic rings. The van der Waals surface area contributed by atoms with Gasteiger partial charge in [0.05, 0.1) is 30.6 Å². The lowest BCUT2D eigenvalue weighted by molar-refractivity contribution is -2.00. The molecule has 0 aliphatic carbocycles. The minimum Gasteiger partial charge on any atom is -0.502 e. The van der Waals surface area contributed by atoms with Gasteiger partial charge in [-0.15, -0.1) is 10.2 Å². The van der Waals surface area contributed by atoms with Gasteiger partial charge < -0.3 is 14.9 Å². The molecule has 3 N–H and O–H groups in total. The number of hydrazone groups is 1. The number of nitrogens with zero attached hydrogens (tertiary/aromatic N) is 4. The molecule has 0 aliphatic rings. The predicted octanol–water partition coefficient (Wildman–Crippen LogP) is -4.48. The van der Waals surface area contributed by atoms with E-state index < -0.39 is 16.2 Å². The first kappa shape index (κ1) is 25.1. The highest BCUT2D eigenvalue weighted by Gasteiger charge is 2.22. The van der Waals surface area contributed by atoms with Crippen molar-refractivity contribution in [3.8, 4) is 5.75 Å². The first-order valence-electron chi connectivity index (χ1n) is 8.26. The second-order valence-corrected chi connectivity index (χ2v) is 6.17. The van der Waals surface area contributed by atoms with Crippen molar-refractivity contribution in [2.24, 2.45) is 5.10 Å². The zero-order valence-corrected chi connectivity index (χ0v) is 16.8. The van der Waals surface area contributed by atoms with Crippen molar-refractivity contribution in [3.63, 3.8) is 0 Å². The average molecular weight is 446 g/mol. The Morgan fingerprint density at radius 1 is 1.33 bits per heavy atom. The minimum atomic E-state index is -4.94. The highest BCUT2D eigenvalue weighted by atomic mass is 35.7. The number of aliphatic hydroxyl groups excluding tert-OH is 1. The van der Waals surface area contributed by atoms with Crippen molar-refractivity contribution in [2.45, 2.75) is 27.0 Å². The molecular formula is C16H20ClN5O8. The van der Waals surface area contributed by atoms with E-state index in [1.165, 1.54) is 10.8 Å². The minimum absolute atomic E-state index is 0.0617. The molecule has 0 spiro atoms. The van der Waals surface area contributed by atoms with Gasteiger partial charge >= 0.3 is 5.97 Å². The monoisotopic (exact) mass is 445 g/mol. The third-order valence-corrected chi connectivity index (χ3v) is 3.39. The number of ether oxygens (including phenoxy) is 1. The van der Waals surface area contributed by atoms with Crippen LogP contribution in [0.1, 0.15) is 23.7 Å². The smallest absolute Gasteiger partial charge is 0.372 e. The van der Waals surface area contributed by atoms with Gasteiger partial charge in [0.15, 0.2) is 11.9 Å². The van der Waals surface area contributed by atoms with Gasteiger partial charge in [0.1, 0.15) is 0 Å². The Balaban J connectivity index is 0.000000804. The Bertz CT molecular complexity index is 855. The number of pyridine rings is 1. The number of aromatic hydroxyl groups is 1. The third-order valence-electron chi connectivity index (χ3n) is 3.39. The summed E-state index contributed by atoms with van der Waals surface area (Å²) in [5.41, 5.74) is 3.82. The van der Waals surface area contributed by atoms with E-state index in [0.717, 1.165) is 0 Å². The first-order valence-corrected chi connectivity index (χ1v) is 9.49. The molecule has 0 saturated carbocycles. The van der Waals surface area contributed by atoms with Crippen LogP contribution < -0.4 is 28.6 Å². The Morgan fingerprint density at radius 3 is 2.47 bits per heavy atom. The standard InChI is InChI=1S/C16H19N5O4.ClHO4/c1-3-25-14(23)9-21-8-12(10-22)13(15(24)11(21)2)7-19-20-16-17-5-4-6-18-16;2-1(3,4)5/h4-8,22,24H,3,9-10H2,1-2H3;(H,2,3,4,5). The van der Waals surface area contributed by atoms with Gasteiger partial charge in [0.2, 0.25) is 18.2 Å². The fourth-order valence-electron chi connectivity index (χ4n) is 2.13. The van der Waals surface area contributed by atoms with Crippen molar-refractivity contribution in [2.75, 3.05) is 12.0 Å². The quantitative estimate of drug-likeness (QED) is 0.160. The van der Waals surface area contributed by atoms with Crippen LogP contribution >= 0.6 is 0 Å². The predicted molar refractivity (Wildman–Crippen MR) is 88.8 cm³/mol. The number of hydrogen-bond donors (Lipinski definition) is 3. The summed E-state index contributed by atoms with van der Waals surface area (Å²) in [5, 5.41) is 23.9. The van der Waals surface area contributed by atoms with Crippen molar-refractivity contribution in [1.29, 1.82) is 0 Å². The second-order valence-electron chi connectivity index (χ2n) is 5.41. The molecular weight excluding hydrogens is 426 g/mol. The molecule has 14 heteroatoms. The fourth-order valence-corrected chi connectivity index (χ4v) is 2.13. The van der Waals surface area contributed by atoms with Gasteiger partial charge in [-0.3, -0.25) is 0 Å². The van der Waals surface area contributed by atoms with Crippen LogP contribution in [0.3, 0.4) is 0 Å². The maximum absolute atomic E-state index is 11.7. The summed E-state index contributed by atoms with van der Waals surface area (Å²) in [4.78, 5) is 19.6. The average Bonchev–Trinajstić information content (AvgIpc) is 2.67. The molecule has 164 valence electrons. The summed E-state index contributed by atoms with van der Waals surface area (Å²) in [7, 11) is -4.94. The van der Waals surface area contributed by atoms with Crippen LogP contribution in [-0.4, -0.2) is 39.0 Å². The zero-order chi connectivity index (χ0) is 22.7. The van der Waals surface area contributed by atoms with Crippen molar-refractivity contribution >= 4 is 18.1 Å². The van der Waals surface area contributed by atoms with Crippen molar-refractivity contribution in [1.82, 2.24) is 9.97 Å². The summed E-state index contributed by atoms with van der Waals surface area (Å²) in [6.45, 7) is 3.25. The number of hydrogen-bond acceptors (Lipinski definition) is 12. The number of esters is 1. The number of carbonyl (C=O) groups is 1. The van der Waals surface area contributed by atoms with Crippen LogP contribution in [0.25, 0.3) is 0 Å². The molecule has 0 bridgehead atoms. The highest BCUT2D eigenvalue weighted by Crippen LogP contribution is 2.21. The molecule has 2 aromatic heterocycles. The van der Waals surface area contributed by atoms with E-state index in [-0.39, 0.29) is 25.5 Å². The number of aromatic nitrogens is 3. The van der Waals surface area contributed by atoms with E-state index in [1.54, 1.807) is 38.5 Å². The summed E-state index contributed by atoms with van der Waals surface area (Å²) in [6, 6.07) is 1.67. The van der Waals surface area contributed by atoms with Crippen LogP contribution in [0.15, 0.2) is 29.8 Å². The van der Waals surface area contributed by atoms with Crippen LogP contribution in [0.4, 0.5) is 5.95 Å². The Labute approximate surface area is 173 Å². The Hall–Kier alpha value is -2.94. The molecule has 0 aromatic carbocycles. The van der Waals surface area contributed by atoms with Crippen molar-refractivity contribution in [3.05, 3.63) is 41.5 Å². The van der Waals surface area contributed by atoms with E-state index in [2.05, 4.69) is 20.5 Å². The van der Waals surface area contributed by atoms with E-state index in [4.69, 9.17) is 23.4 Å². The number of anilines is 1. The van der Waals surface area contributed by atoms with E-state index >= 15 is 0 Å². The molecule has 30 heavy (non-hydrogen) atoms. The first-order chi connectivity index (χ1) is 14.1.